The number of esters is 2. The lowest BCUT2D eigenvalue weighted by molar-refractivity contribution is -0.161. The van der Waals surface area contributed by atoms with E-state index in [9.17, 15) is 19.0 Å². The first-order valence-corrected chi connectivity index (χ1v) is 31.1. The van der Waals surface area contributed by atoms with Gasteiger partial charge in [0.25, 0.3) is 0 Å². The molecule has 0 saturated heterocycles. The van der Waals surface area contributed by atoms with Gasteiger partial charge in [-0.1, -0.05) is 235 Å². The number of carbonyl (C=O) groups is 2. The number of carbonyl (C=O) groups excluding carboxylic acids is 2. The second-order valence-electron chi connectivity index (χ2n) is 18.7. The van der Waals surface area contributed by atoms with Crippen LogP contribution in [0, 0.1) is 0 Å². The fourth-order valence-corrected chi connectivity index (χ4v) is 8.07. The Morgan fingerprint density at radius 1 is 0.390 bits per heavy atom. The standard InChI is InChI=1S/C67H106NO8P/c1-3-5-7-9-11-13-15-17-19-21-23-25-26-27-28-29-30-31-32-33-34-35-36-37-38-40-42-44-46-48-50-52-54-56-58-60-67(70)76-65(64-75-77(71,72)74-62-61-68)63-73-66(69)59-57-55-53-51-49-47-45-43-41-39-24-22-20-18-16-14-12-10-8-6-4-2/h5-8,11-14,17-20,23-25,27-28,30-31,33-34,36-37,39-40,42-43,45,65H,3-4,9-10,15-16,21-22,26,29,32,35,38,41,44,46-64,68H2,1-2H3,(H,71,72)/b7-5-,8-6-,13-11-,14-12-,19-17-,20-18-,25-23-,28-27-,31-30-,34-33-,37-36-,39-24-,42-40-,45-43-. The Morgan fingerprint density at radius 2 is 0.675 bits per heavy atom. The topological polar surface area (TPSA) is 134 Å². The highest BCUT2D eigenvalue weighted by atomic mass is 31.2. The fourth-order valence-electron chi connectivity index (χ4n) is 7.30. The minimum atomic E-state index is -4.41. The molecule has 2 atom stereocenters. The highest BCUT2D eigenvalue weighted by molar-refractivity contribution is 7.47. The number of nitrogens with two attached hydrogens (primary N) is 1. The molecule has 0 radical (unpaired) electrons. The van der Waals surface area contributed by atoms with Crippen LogP contribution in [0.15, 0.2) is 170 Å². The van der Waals surface area contributed by atoms with Crippen molar-refractivity contribution in [1.29, 1.82) is 0 Å². The lowest BCUT2D eigenvalue weighted by Crippen LogP contribution is -2.29. The molecule has 2 unspecified atom stereocenters. The SMILES string of the molecule is CC/C=C\C/C=C\C/C=C\C/C=C\C/C=C\C/C=C\C/C=C\C/C=C\C/C=C\CCCCCCCCCC(=O)OC(COC(=O)CCCCCCC/C=C\C/C=C\C/C=C\C/C=C\C/C=C\CC)COP(=O)(O)OCCN. The predicted octanol–water partition coefficient (Wildman–Crippen LogP) is 19.1. The summed E-state index contributed by atoms with van der Waals surface area (Å²) in [4.78, 5) is 35.2. The van der Waals surface area contributed by atoms with Gasteiger partial charge in [-0.2, -0.15) is 0 Å². The average molecular weight is 1080 g/mol. The minimum Gasteiger partial charge on any atom is -0.462 e. The van der Waals surface area contributed by atoms with Crippen LogP contribution in [-0.4, -0.2) is 49.3 Å². The minimum absolute atomic E-state index is 0.0385. The molecule has 0 bridgehead atoms. The number of rotatable bonds is 53. The Balaban J connectivity index is 4.09. The van der Waals surface area contributed by atoms with Gasteiger partial charge in [0.1, 0.15) is 6.61 Å². The van der Waals surface area contributed by atoms with Crippen molar-refractivity contribution in [3.05, 3.63) is 170 Å². The fraction of sp³-hybridized carbons (Fsp3) is 0.552. The molecule has 0 spiro atoms. The van der Waals surface area contributed by atoms with Crippen LogP contribution in [0.4, 0.5) is 0 Å². The van der Waals surface area contributed by atoms with E-state index in [4.69, 9.17) is 24.3 Å². The van der Waals surface area contributed by atoms with E-state index in [-0.39, 0.29) is 32.6 Å². The van der Waals surface area contributed by atoms with E-state index in [2.05, 4.69) is 184 Å². The smallest absolute Gasteiger partial charge is 0.462 e. The second-order valence-corrected chi connectivity index (χ2v) is 20.2. The van der Waals surface area contributed by atoms with Gasteiger partial charge < -0.3 is 20.1 Å². The molecule has 3 N–H and O–H groups in total. The monoisotopic (exact) mass is 1080 g/mol. The Labute approximate surface area is 470 Å². The molecule has 0 aromatic rings. The molecule has 432 valence electrons. The van der Waals surface area contributed by atoms with Crippen LogP contribution in [-0.2, 0) is 32.7 Å². The summed E-state index contributed by atoms with van der Waals surface area (Å²) in [6.45, 7) is 3.45. The van der Waals surface area contributed by atoms with E-state index in [0.29, 0.717) is 12.8 Å². The van der Waals surface area contributed by atoms with Gasteiger partial charge in [-0.25, -0.2) is 4.57 Å². The first-order chi connectivity index (χ1) is 37.8. The van der Waals surface area contributed by atoms with Crippen LogP contribution >= 0.6 is 7.82 Å². The Morgan fingerprint density at radius 3 is 1.00 bits per heavy atom. The average Bonchev–Trinajstić information content (AvgIpc) is 3.42. The normalized spacial score (nSPS) is 14.3. The molecule has 0 fully saturated rings. The first kappa shape index (κ1) is 72.4. The number of phosphoric acid groups is 1. The summed E-state index contributed by atoms with van der Waals surface area (Å²) in [6.07, 6.45) is 89.7. The molecule has 0 saturated carbocycles. The van der Waals surface area contributed by atoms with Crippen molar-refractivity contribution in [2.75, 3.05) is 26.4 Å². The quantitative estimate of drug-likeness (QED) is 0.0264. The molecule has 10 heteroatoms. The van der Waals surface area contributed by atoms with Crippen molar-refractivity contribution in [2.45, 2.75) is 213 Å². The van der Waals surface area contributed by atoms with Crippen LogP contribution in [0.25, 0.3) is 0 Å². The van der Waals surface area contributed by atoms with Crippen LogP contribution in [0.1, 0.15) is 206 Å². The Bertz CT molecular complexity index is 1860. The Hall–Kier alpha value is -4.63. The van der Waals surface area contributed by atoms with Gasteiger partial charge in [-0.05, 0) is 128 Å². The maximum atomic E-state index is 12.7. The molecule has 0 heterocycles. The van der Waals surface area contributed by atoms with E-state index in [0.717, 1.165) is 154 Å². The van der Waals surface area contributed by atoms with E-state index in [1.54, 1.807) is 0 Å². The van der Waals surface area contributed by atoms with Crippen molar-refractivity contribution < 1.29 is 37.6 Å². The highest BCUT2D eigenvalue weighted by Crippen LogP contribution is 2.43. The van der Waals surface area contributed by atoms with Crippen LogP contribution in [0.3, 0.4) is 0 Å². The maximum absolute atomic E-state index is 12.7. The molecule has 0 amide bonds. The number of ether oxygens (including phenoxy) is 2. The van der Waals surface area contributed by atoms with E-state index < -0.39 is 32.5 Å². The summed E-state index contributed by atoms with van der Waals surface area (Å²) in [7, 11) is -4.41. The van der Waals surface area contributed by atoms with Crippen molar-refractivity contribution in [1.82, 2.24) is 0 Å². The van der Waals surface area contributed by atoms with E-state index in [1.807, 2.05) is 0 Å². The zero-order valence-electron chi connectivity index (χ0n) is 48.1. The van der Waals surface area contributed by atoms with Crippen molar-refractivity contribution in [3.63, 3.8) is 0 Å². The maximum Gasteiger partial charge on any atom is 0.472 e. The molecule has 9 nitrogen and oxygen atoms in total. The van der Waals surface area contributed by atoms with Crippen molar-refractivity contribution >= 4 is 19.8 Å². The highest BCUT2D eigenvalue weighted by Gasteiger charge is 2.26. The second kappa shape index (κ2) is 60.6. The number of phosphoric ester groups is 1. The third-order valence-electron chi connectivity index (χ3n) is 11.6. The first-order valence-electron chi connectivity index (χ1n) is 29.6. The third-order valence-corrected chi connectivity index (χ3v) is 12.6. The lowest BCUT2D eigenvalue weighted by atomic mass is 10.1. The number of allylic oxidation sites excluding steroid dienone is 28. The van der Waals surface area contributed by atoms with E-state index >= 15 is 0 Å². The largest absolute Gasteiger partial charge is 0.472 e. The van der Waals surface area contributed by atoms with Crippen LogP contribution in [0.5, 0.6) is 0 Å². The summed E-state index contributed by atoms with van der Waals surface area (Å²) in [5.74, 6) is -0.877. The van der Waals surface area contributed by atoms with Crippen molar-refractivity contribution in [3.8, 4) is 0 Å². The molecule has 0 aromatic heterocycles. The van der Waals surface area contributed by atoms with Gasteiger partial charge in [-0.3, -0.25) is 18.6 Å². The van der Waals surface area contributed by atoms with Gasteiger partial charge in [0.05, 0.1) is 13.2 Å². The van der Waals surface area contributed by atoms with E-state index in [1.165, 1.54) is 12.8 Å². The Kier molecular flexibility index (Phi) is 57.0. The molecular weight excluding hydrogens is 978 g/mol. The predicted molar refractivity (Wildman–Crippen MR) is 329 cm³/mol. The summed E-state index contributed by atoms with van der Waals surface area (Å²) in [5, 5.41) is 0. The van der Waals surface area contributed by atoms with Crippen molar-refractivity contribution in [2.24, 2.45) is 5.73 Å². The summed E-state index contributed by atoms with van der Waals surface area (Å²) >= 11 is 0. The van der Waals surface area contributed by atoms with Crippen LogP contribution < -0.4 is 5.73 Å². The van der Waals surface area contributed by atoms with Gasteiger partial charge in [0.2, 0.25) is 0 Å². The lowest BCUT2D eigenvalue weighted by Gasteiger charge is -2.19. The zero-order chi connectivity index (χ0) is 55.9. The summed E-state index contributed by atoms with van der Waals surface area (Å²) < 4.78 is 33.0. The number of hydrogen-bond donors (Lipinski definition) is 2. The van der Waals surface area contributed by atoms with Gasteiger partial charge >= 0.3 is 19.8 Å². The van der Waals surface area contributed by atoms with Gasteiger partial charge in [0.15, 0.2) is 6.10 Å². The molecular formula is C67H106NO8P. The molecule has 0 aliphatic carbocycles. The molecule has 0 aliphatic heterocycles. The zero-order valence-corrected chi connectivity index (χ0v) is 49.0. The van der Waals surface area contributed by atoms with Gasteiger partial charge in [-0.15, -0.1) is 0 Å². The molecule has 77 heavy (non-hydrogen) atoms. The van der Waals surface area contributed by atoms with Crippen LogP contribution in [0.2, 0.25) is 0 Å². The number of hydrogen-bond acceptors (Lipinski definition) is 8. The molecule has 0 aromatic carbocycles. The number of unbranched alkanes of at least 4 members (excludes halogenated alkanes) is 12. The molecule has 0 aliphatic rings. The summed E-state index contributed by atoms with van der Waals surface area (Å²) in [5.41, 5.74) is 5.38. The third kappa shape index (κ3) is 60.5. The van der Waals surface area contributed by atoms with Gasteiger partial charge in [0, 0.05) is 19.4 Å². The summed E-state index contributed by atoms with van der Waals surface area (Å²) in [6, 6.07) is 0. The molecule has 0 rings (SSSR count).